The van der Waals surface area contributed by atoms with Crippen molar-refractivity contribution in [3.8, 4) is 0 Å². The first-order valence-corrected chi connectivity index (χ1v) is 7.21. The minimum absolute atomic E-state index is 0. The molecule has 0 aromatic rings. The van der Waals surface area contributed by atoms with Gasteiger partial charge in [0.2, 0.25) is 0 Å². The fourth-order valence-corrected chi connectivity index (χ4v) is 2.74. The van der Waals surface area contributed by atoms with Crippen LogP contribution in [0.15, 0.2) is 0 Å². The van der Waals surface area contributed by atoms with Crippen molar-refractivity contribution in [1.82, 2.24) is 6.15 Å². The first-order chi connectivity index (χ1) is 7.14. The first-order valence-electron chi connectivity index (χ1n) is 6.83. The van der Waals surface area contributed by atoms with Gasteiger partial charge in [-0.3, -0.25) is 0 Å². The summed E-state index contributed by atoms with van der Waals surface area (Å²) in [6.07, 6.45) is 10.2. The van der Waals surface area contributed by atoms with E-state index in [0.29, 0.717) is 5.92 Å². The maximum atomic E-state index is 6.69. The minimum Gasteiger partial charge on any atom is -0.344 e. The van der Waals surface area contributed by atoms with Crippen LogP contribution >= 0.6 is 11.6 Å². The molecule has 0 fully saturated rings. The van der Waals surface area contributed by atoms with Gasteiger partial charge in [0.05, 0.1) is 0 Å². The summed E-state index contributed by atoms with van der Waals surface area (Å²) in [7, 11) is 0. The number of alkyl halides is 1. The summed E-state index contributed by atoms with van der Waals surface area (Å²) in [5, 5.41) is 0. The maximum Gasteiger partial charge on any atom is 0.0469 e. The molecule has 0 aromatic carbocycles. The number of halogens is 1. The lowest BCUT2D eigenvalue weighted by atomic mass is 9.81. The van der Waals surface area contributed by atoms with E-state index >= 15 is 0 Å². The molecule has 0 aromatic heterocycles. The molecule has 1 unspecified atom stereocenters. The van der Waals surface area contributed by atoms with E-state index < -0.39 is 0 Å². The summed E-state index contributed by atoms with van der Waals surface area (Å²) >= 11 is 6.69. The molecular weight excluding hydrogens is 218 g/mol. The van der Waals surface area contributed by atoms with Gasteiger partial charge in [0.15, 0.2) is 0 Å². The van der Waals surface area contributed by atoms with Crippen molar-refractivity contribution in [2.75, 3.05) is 0 Å². The van der Waals surface area contributed by atoms with Crippen molar-refractivity contribution < 1.29 is 0 Å². The topological polar surface area (TPSA) is 35.0 Å². The van der Waals surface area contributed by atoms with Crippen LogP contribution in [-0.2, 0) is 0 Å². The van der Waals surface area contributed by atoms with E-state index in [2.05, 4.69) is 27.7 Å². The highest BCUT2D eigenvalue weighted by Gasteiger charge is 2.31. The summed E-state index contributed by atoms with van der Waals surface area (Å²) in [6.45, 7) is 9.00. The summed E-state index contributed by atoms with van der Waals surface area (Å²) in [6, 6.07) is 0. The summed E-state index contributed by atoms with van der Waals surface area (Å²) in [5.74, 6) is 0.714. The SMILES string of the molecule is CCCCCCC(CC)C(Cl)(CC)CC.N. The van der Waals surface area contributed by atoms with Gasteiger partial charge in [0.1, 0.15) is 0 Å². The van der Waals surface area contributed by atoms with E-state index in [9.17, 15) is 0 Å². The van der Waals surface area contributed by atoms with Crippen molar-refractivity contribution in [3.63, 3.8) is 0 Å². The summed E-state index contributed by atoms with van der Waals surface area (Å²) < 4.78 is 0. The van der Waals surface area contributed by atoms with Gasteiger partial charge in [-0.25, -0.2) is 0 Å². The Balaban J connectivity index is 0. The highest BCUT2D eigenvalue weighted by molar-refractivity contribution is 6.24. The Kier molecular flexibility index (Phi) is 12.1. The lowest BCUT2D eigenvalue weighted by molar-refractivity contribution is 0.307. The van der Waals surface area contributed by atoms with Crippen LogP contribution in [-0.4, -0.2) is 4.87 Å². The van der Waals surface area contributed by atoms with Gasteiger partial charge in [-0.15, -0.1) is 11.6 Å². The zero-order valence-corrected chi connectivity index (χ0v) is 12.6. The fraction of sp³-hybridized carbons (Fsp3) is 1.00. The highest BCUT2D eigenvalue weighted by atomic mass is 35.5. The van der Waals surface area contributed by atoms with Gasteiger partial charge < -0.3 is 6.15 Å². The Morgan fingerprint density at radius 3 is 1.88 bits per heavy atom. The van der Waals surface area contributed by atoms with Crippen molar-refractivity contribution in [2.24, 2.45) is 5.92 Å². The lowest BCUT2D eigenvalue weighted by Crippen LogP contribution is -2.30. The number of hydrogen-bond donors (Lipinski definition) is 1. The zero-order chi connectivity index (χ0) is 11.7. The Labute approximate surface area is 108 Å². The van der Waals surface area contributed by atoms with Gasteiger partial charge in [-0.2, -0.15) is 0 Å². The van der Waals surface area contributed by atoms with Crippen LogP contribution in [0.25, 0.3) is 0 Å². The summed E-state index contributed by atoms with van der Waals surface area (Å²) in [5.41, 5.74) is 0. The molecule has 0 heterocycles. The fourth-order valence-electron chi connectivity index (χ4n) is 2.47. The van der Waals surface area contributed by atoms with Crippen molar-refractivity contribution >= 4 is 11.6 Å². The molecule has 2 heteroatoms. The average molecular weight is 250 g/mol. The molecule has 0 spiro atoms. The molecule has 1 atom stereocenters. The standard InChI is InChI=1S/C14H29Cl.H3N/c1-5-9-10-11-12-13(6-2)14(15,7-3)8-4;/h13H,5-12H2,1-4H3;1H3. The van der Waals surface area contributed by atoms with Gasteiger partial charge in [-0.05, 0) is 25.2 Å². The first kappa shape index (κ1) is 18.6. The molecule has 0 saturated carbocycles. The molecule has 16 heavy (non-hydrogen) atoms. The molecule has 1 nitrogen and oxygen atoms in total. The van der Waals surface area contributed by atoms with Gasteiger partial charge in [0, 0.05) is 4.87 Å². The van der Waals surface area contributed by atoms with E-state index in [1.165, 1.54) is 38.5 Å². The molecule has 0 radical (unpaired) electrons. The predicted molar refractivity (Wildman–Crippen MR) is 76.7 cm³/mol. The normalized spacial score (nSPS) is 13.3. The monoisotopic (exact) mass is 249 g/mol. The largest absolute Gasteiger partial charge is 0.344 e. The van der Waals surface area contributed by atoms with E-state index in [1.807, 2.05) is 0 Å². The smallest absolute Gasteiger partial charge is 0.0469 e. The Hall–Kier alpha value is 0.250. The predicted octanol–water partition coefficient (Wildman–Crippen LogP) is 5.94. The van der Waals surface area contributed by atoms with Crippen molar-refractivity contribution in [3.05, 3.63) is 0 Å². The Morgan fingerprint density at radius 2 is 1.50 bits per heavy atom. The third-order valence-electron chi connectivity index (χ3n) is 3.81. The van der Waals surface area contributed by atoms with Crippen LogP contribution in [0.2, 0.25) is 0 Å². The number of rotatable bonds is 9. The third kappa shape index (κ3) is 6.10. The number of unbranched alkanes of at least 4 members (excludes halogenated alkanes) is 3. The summed E-state index contributed by atoms with van der Waals surface area (Å²) in [4.78, 5) is 0.0704. The molecule has 0 aliphatic rings. The Bertz CT molecular complexity index is 144. The van der Waals surface area contributed by atoms with Crippen LogP contribution in [0.4, 0.5) is 0 Å². The number of hydrogen-bond acceptors (Lipinski definition) is 1. The van der Waals surface area contributed by atoms with Gasteiger partial charge in [-0.1, -0.05) is 59.8 Å². The average Bonchev–Trinajstić information content (AvgIpc) is 2.28. The molecule has 0 aliphatic heterocycles. The third-order valence-corrected chi connectivity index (χ3v) is 4.65. The second-order valence-corrected chi connectivity index (χ2v) is 5.45. The van der Waals surface area contributed by atoms with Crippen molar-refractivity contribution in [1.29, 1.82) is 0 Å². The molecule has 0 aliphatic carbocycles. The van der Waals surface area contributed by atoms with Crippen LogP contribution in [0.1, 0.15) is 79.1 Å². The van der Waals surface area contributed by atoms with Crippen LogP contribution < -0.4 is 6.15 Å². The lowest BCUT2D eigenvalue weighted by Gasteiger charge is -2.33. The maximum absolute atomic E-state index is 6.69. The second kappa shape index (κ2) is 10.4. The quantitative estimate of drug-likeness (QED) is 0.398. The van der Waals surface area contributed by atoms with E-state index in [0.717, 1.165) is 12.8 Å². The Morgan fingerprint density at radius 1 is 0.938 bits per heavy atom. The molecular formula is C14H32ClN. The highest BCUT2D eigenvalue weighted by Crippen LogP contribution is 2.37. The van der Waals surface area contributed by atoms with Gasteiger partial charge in [0.25, 0.3) is 0 Å². The molecule has 100 valence electrons. The van der Waals surface area contributed by atoms with E-state index in [4.69, 9.17) is 11.6 Å². The van der Waals surface area contributed by atoms with E-state index in [-0.39, 0.29) is 11.0 Å². The van der Waals surface area contributed by atoms with Crippen LogP contribution in [0.3, 0.4) is 0 Å². The molecule has 0 saturated heterocycles. The minimum atomic E-state index is 0. The van der Waals surface area contributed by atoms with Crippen molar-refractivity contribution in [2.45, 2.75) is 83.9 Å². The molecule has 0 rings (SSSR count). The van der Waals surface area contributed by atoms with Crippen LogP contribution in [0, 0.1) is 5.92 Å². The molecule has 3 N–H and O–H groups in total. The molecule has 0 amide bonds. The van der Waals surface area contributed by atoms with Gasteiger partial charge >= 0.3 is 0 Å². The second-order valence-electron chi connectivity index (χ2n) is 4.70. The molecule has 0 bridgehead atoms. The van der Waals surface area contributed by atoms with E-state index in [1.54, 1.807) is 0 Å². The van der Waals surface area contributed by atoms with Crippen LogP contribution in [0.5, 0.6) is 0 Å². The zero-order valence-electron chi connectivity index (χ0n) is 11.8.